The number of rotatable bonds is 5. The highest BCUT2D eigenvalue weighted by atomic mass is 32.2. The van der Waals surface area contributed by atoms with Crippen LogP contribution in [0.15, 0.2) is 35.5 Å². The van der Waals surface area contributed by atoms with Crippen LogP contribution in [0.2, 0.25) is 0 Å². The molecule has 0 radical (unpaired) electrons. The van der Waals surface area contributed by atoms with Crippen LogP contribution in [0.5, 0.6) is 0 Å². The number of halogens is 1. The molecule has 0 bridgehead atoms. The van der Waals surface area contributed by atoms with Crippen LogP contribution in [0.1, 0.15) is 31.2 Å². The summed E-state index contributed by atoms with van der Waals surface area (Å²) in [7, 11) is -3.88. The Kier molecular flexibility index (Phi) is 5.10. The average molecular weight is 381 g/mol. The molecule has 0 unspecified atom stereocenters. The number of hydrogen-bond acceptors (Lipinski definition) is 4. The number of nitrogens with zero attached hydrogens (tertiary/aromatic N) is 2. The molecule has 1 saturated carbocycles. The summed E-state index contributed by atoms with van der Waals surface area (Å²) >= 11 is 0. The van der Waals surface area contributed by atoms with Crippen molar-refractivity contribution in [3.63, 3.8) is 0 Å². The standard InChI is InChI=1S/C17H20FN3O4S/c1-11-9-19-21(10-11)16-7-6-14(8-15(16)18)26(24,25)20-13-4-2-12(3-5-13)17(22)23/h6-10,12-13,20H,2-5H2,1H3,(H,22,23). The molecule has 0 spiro atoms. The Hall–Kier alpha value is -2.26. The van der Waals surface area contributed by atoms with Crippen molar-refractivity contribution in [1.29, 1.82) is 0 Å². The van der Waals surface area contributed by atoms with Crippen LogP contribution in [0.25, 0.3) is 5.69 Å². The van der Waals surface area contributed by atoms with Crippen molar-refractivity contribution in [3.8, 4) is 5.69 Å². The Morgan fingerprint density at radius 2 is 2.00 bits per heavy atom. The van der Waals surface area contributed by atoms with Crippen LogP contribution in [0.4, 0.5) is 4.39 Å². The lowest BCUT2D eigenvalue weighted by atomic mass is 9.87. The fourth-order valence-electron chi connectivity index (χ4n) is 3.13. The van der Waals surface area contributed by atoms with Crippen molar-refractivity contribution in [2.24, 2.45) is 5.92 Å². The SMILES string of the molecule is Cc1cnn(-c2ccc(S(=O)(=O)NC3CCC(C(=O)O)CC3)cc2F)c1. The maximum Gasteiger partial charge on any atom is 0.306 e. The summed E-state index contributed by atoms with van der Waals surface area (Å²) in [5.74, 6) is -1.96. The zero-order chi connectivity index (χ0) is 18.9. The Labute approximate surface area is 150 Å². The van der Waals surface area contributed by atoms with Crippen LogP contribution in [0, 0.1) is 18.7 Å². The van der Waals surface area contributed by atoms with E-state index in [9.17, 15) is 17.6 Å². The van der Waals surface area contributed by atoms with Crippen LogP contribution < -0.4 is 4.72 Å². The lowest BCUT2D eigenvalue weighted by Crippen LogP contribution is -2.38. The van der Waals surface area contributed by atoms with Crippen LogP contribution in [0.3, 0.4) is 0 Å². The van der Waals surface area contributed by atoms with E-state index in [1.54, 1.807) is 12.4 Å². The third-order valence-corrected chi connectivity index (χ3v) is 6.10. The van der Waals surface area contributed by atoms with E-state index in [1.807, 2.05) is 6.92 Å². The highest BCUT2D eigenvalue weighted by Crippen LogP contribution is 2.26. The van der Waals surface area contributed by atoms with Gasteiger partial charge in [0.25, 0.3) is 0 Å². The molecular weight excluding hydrogens is 361 g/mol. The third-order valence-electron chi connectivity index (χ3n) is 4.59. The maximum atomic E-state index is 14.4. The first-order valence-electron chi connectivity index (χ1n) is 8.32. The molecule has 1 aromatic carbocycles. The Balaban J connectivity index is 1.74. The predicted octanol–water partition coefficient (Wildman–Crippen LogP) is 2.24. The van der Waals surface area contributed by atoms with Gasteiger partial charge in [-0.1, -0.05) is 0 Å². The number of carboxylic acids is 1. The minimum atomic E-state index is -3.88. The predicted molar refractivity (Wildman–Crippen MR) is 92.0 cm³/mol. The summed E-state index contributed by atoms with van der Waals surface area (Å²) < 4.78 is 43.3. The Bertz CT molecular complexity index is 918. The second kappa shape index (κ2) is 7.16. The van der Waals surface area contributed by atoms with Gasteiger partial charge in [-0.2, -0.15) is 5.10 Å². The Morgan fingerprint density at radius 1 is 1.31 bits per heavy atom. The summed E-state index contributed by atoms with van der Waals surface area (Å²) in [5.41, 5.74) is 1.03. The second-order valence-electron chi connectivity index (χ2n) is 6.58. The van der Waals surface area contributed by atoms with Crippen LogP contribution >= 0.6 is 0 Å². The number of sulfonamides is 1. The van der Waals surface area contributed by atoms with E-state index in [0.717, 1.165) is 11.6 Å². The molecule has 1 aliphatic carbocycles. The molecule has 1 aliphatic rings. The molecule has 0 atom stereocenters. The Morgan fingerprint density at radius 3 is 2.54 bits per heavy atom. The van der Waals surface area contributed by atoms with Gasteiger partial charge >= 0.3 is 5.97 Å². The quantitative estimate of drug-likeness (QED) is 0.827. The van der Waals surface area contributed by atoms with Crippen molar-refractivity contribution in [2.45, 2.75) is 43.5 Å². The minimum Gasteiger partial charge on any atom is -0.481 e. The summed E-state index contributed by atoms with van der Waals surface area (Å²) in [5, 5.41) is 13.0. The number of aryl methyl sites for hydroxylation is 1. The number of carboxylic acid groups (broad SMARTS) is 1. The molecule has 0 saturated heterocycles. The first-order valence-corrected chi connectivity index (χ1v) is 9.81. The third kappa shape index (κ3) is 3.94. The molecule has 1 heterocycles. The normalized spacial score (nSPS) is 20.8. The minimum absolute atomic E-state index is 0.164. The summed E-state index contributed by atoms with van der Waals surface area (Å²) in [6.45, 7) is 1.82. The van der Waals surface area contributed by atoms with Gasteiger partial charge in [0.1, 0.15) is 11.5 Å². The molecule has 3 rings (SSSR count). The van der Waals surface area contributed by atoms with Crippen molar-refractivity contribution < 1.29 is 22.7 Å². The number of carbonyl (C=O) groups is 1. The summed E-state index contributed by atoms with van der Waals surface area (Å²) in [6.07, 6.45) is 4.97. The zero-order valence-corrected chi connectivity index (χ0v) is 15.0. The molecule has 9 heteroatoms. The number of benzene rings is 1. The largest absolute Gasteiger partial charge is 0.481 e. The maximum absolute atomic E-state index is 14.4. The van der Waals surface area contributed by atoms with Gasteiger partial charge < -0.3 is 5.11 Å². The molecule has 7 nitrogen and oxygen atoms in total. The smallest absolute Gasteiger partial charge is 0.306 e. The molecule has 0 amide bonds. The van der Waals surface area contributed by atoms with E-state index in [1.165, 1.54) is 16.8 Å². The fraction of sp³-hybridized carbons (Fsp3) is 0.412. The highest BCUT2D eigenvalue weighted by Gasteiger charge is 2.29. The summed E-state index contributed by atoms with van der Waals surface area (Å²) in [6, 6.07) is 3.34. The lowest BCUT2D eigenvalue weighted by molar-refractivity contribution is -0.142. The number of nitrogens with one attached hydrogen (secondary N) is 1. The molecule has 0 aliphatic heterocycles. The van der Waals surface area contributed by atoms with E-state index in [2.05, 4.69) is 9.82 Å². The molecule has 140 valence electrons. The van der Waals surface area contributed by atoms with E-state index in [-0.39, 0.29) is 16.6 Å². The lowest BCUT2D eigenvalue weighted by Gasteiger charge is -2.26. The van der Waals surface area contributed by atoms with E-state index in [4.69, 9.17) is 5.11 Å². The number of aliphatic carboxylic acids is 1. The monoisotopic (exact) mass is 381 g/mol. The van der Waals surface area contributed by atoms with Gasteiger partial charge in [0, 0.05) is 12.2 Å². The molecule has 1 aromatic heterocycles. The van der Waals surface area contributed by atoms with E-state index >= 15 is 0 Å². The van der Waals surface area contributed by atoms with Gasteiger partial charge in [-0.3, -0.25) is 4.79 Å². The van der Waals surface area contributed by atoms with Crippen molar-refractivity contribution in [3.05, 3.63) is 42.0 Å². The highest BCUT2D eigenvalue weighted by molar-refractivity contribution is 7.89. The van der Waals surface area contributed by atoms with E-state index in [0.29, 0.717) is 25.7 Å². The van der Waals surface area contributed by atoms with Crippen LogP contribution in [-0.4, -0.2) is 35.3 Å². The topological polar surface area (TPSA) is 101 Å². The van der Waals surface area contributed by atoms with Gasteiger partial charge in [-0.05, 0) is 56.4 Å². The number of hydrogen-bond donors (Lipinski definition) is 2. The van der Waals surface area contributed by atoms with Crippen molar-refractivity contribution >= 4 is 16.0 Å². The molecular formula is C17H20FN3O4S. The van der Waals surface area contributed by atoms with Gasteiger partial charge in [-0.15, -0.1) is 0 Å². The second-order valence-corrected chi connectivity index (χ2v) is 8.30. The molecule has 2 N–H and O–H groups in total. The first-order chi connectivity index (χ1) is 12.3. The fourth-order valence-corrected chi connectivity index (χ4v) is 4.45. The molecule has 2 aromatic rings. The van der Waals surface area contributed by atoms with Gasteiger partial charge in [0.05, 0.1) is 17.0 Å². The molecule has 26 heavy (non-hydrogen) atoms. The van der Waals surface area contributed by atoms with Crippen LogP contribution in [-0.2, 0) is 14.8 Å². The molecule has 1 fully saturated rings. The van der Waals surface area contributed by atoms with Crippen molar-refractivity contribution in [1.82, 2.24) is 14.5 Å². The van der Waals surface area contributed by atoms with E-state index < -0.39 is 27.7 Å². The van der Waals surface area contributed by atoms with Gasteiger partial charge in [0.2, 0.25) is 10.0 Å². The average Bonchev–Trinajstić information content (AvgIpc) is 3.01. The van der Waals surface area contributed by atoms with Crippen molar-refractivity contribution in [2.75, 3.05) is 0 Å². The zero-order valence-electron chi connectivity index (χ0n) is 14.2. The number of aromatic nitrogens is 2. The van der Waals surface area contributed by atoms with Gasteiger partial charge in [0.15, 0.2) is 0 Å². The van der Waals surface area contributed by atoms with Gasteiger partial charge in [-0.25, -0.2) is 22.2 Å². The summed E-state index contributed by atoms with van der Waals surface area (Å²) in [4.78, 5) is 10.8. The first kappa shape index (κ1) is 18.5.